The highest BCUT2D eigenvalue weighted by atomic mass is 16.2. The quantitative estimate of drug-likeness (QED) is 0.727. The van der Waals surface area contributed by atoms with Crippen LogP contribution < -0.4 is 4.90 Å². The molecule has 4 nitrogen and oxygen atoms in total. The Morgan fingerprint density at radius 1 is 1.04 bits per heavy atom. The molecule has 4 heteroatoms. The number of hydrogen-bond acceptors (Lipinski definition) is 3. The summed E-state index contributed by atoms with van der Waals surface area (Å²) in [5, 5.41) is 0. The van der Waals surface area contributed by atoms with E-state index in [4.69, 9.17) is 0 Å². The second kappa shape index (κ2) is 8.96. The molecule has 2 aromatic carbocycles. The molecule has 27 heavy (non-hydrogen) atoms. The van der Waals surface area contributed by atoms with Crippen LogP contribution >= 0.6 is 0 Å². The third kappa shape index (κ3) is 4.64. The number of amides is 1. The normalized spacial score (nSPS) is 20.2. The first-order valence-electron chi connectivity index (χ1n) is 9.78. The average Bonchev–Trinajstić information content (AvgIpc) is 2.71. The van der Waals surface area contributed by atoms with E-state index in [9.17, 15) is 9.59 Å². The molecule has 2 atom stereocenters. The van der Waals surface area contributed by atoms with Crippen molar-refractivity contribution in [1.29, 1.82) is 0 Å². The van der Waals surface area contributed by atoms with E-state index in [1.807, 2.05) is 72.5 Å². The molecule has 142 valence electrons. The van der Waals surface area contributed by atoms with Gasteiger partial charge in [-0.05, 0) is 24.5 Å². The van der Waals surface area contributed by atoms with Crippen LogP contribution in [0.1, 0.15) is 37.0 Å². The Labute approximate surface area is 161 Å². The van der Waals surface area contributed by atoms with Crippen LogP contribution in [0.25, 0.3) is 0 Å². The Morgan fingerprint density at radius 2 is 1.67 bits per heavy atom. The van der Waals surface area contributed by atoms with Gasteiger partial charge in [-0.25, -0.2) is 0 Å². The van der Waals surface area contributed by atoms with Crippen LogP contribution in [0.3, 0.4) is 0 Å². The zero-order valence-corrected chi connectivity index (χ0v) is 16.2. The molecule has 0 aromatic heterocycles. The van der Waals surface area contributed by atoms with Gasteiger partial charge in [-0.2, -0.15) is 0 Å². The van der Waals surface area contributed by atoms with Gasteiger partial charge in [-0.3, -0.25) is 14.5 Å². The molecule has 2 aromatic rings. The molecule has 1 saturated heterocycles. The van der Waals surface area contributed by atoms with E-state index in [1.165, 1.54) is 0 Å². The van der Waals surface area contributed by atoms with Crippen molar-refractivity contribution in [3.05, 3.63) is 66.2 Å². The van der Waals surface area contributed by atoms with Gasteiger partial charge in [0.1, 0.15) is 0 Å². The Morgan fingerprint density at radius 3 is 2.26 bits per heavy atom. The summed E-state index contributed by atoms with van der Waals surface area (Å²) >= 11 is 0. The van der Waals surface area contributed by atoms with Crippen LogP contribution in [0, 0.1) is 5.92 Å². The van der Waals surface area contributed by atoms with E-state index in [0.29, 0.717) is 18.9 Å². The predicted molar refractivity (Wildman–Crippen MR) is 109 cm³/mol. The van der Waals surface area contributed by atoms with Crippen LogP contribution in [-0.2, 0) is 4.79 Å². The van der Waals surface area contributed by atoms with Crippen molar-refractivity contribution < 1.29 is 9.59 Å². The number of para-hydroxylation sites is 1. The summed E-state index contributed by atoms with van der Waals surface area (Å²) in [6.07, 6.45) is 1.37. The maximum atomic E-state index is 12.7. The maximum absolute atomic E-state index is 12.7. The third-order valence-electron chi connectivity index (χ3n) is 5.34. The molecule has 1 heterocycles. The molecule has 1 aliphatic rings. The molecule has 0 aliphatic carbocycles. The van der Waals surface area contributed by atoms with Gasteiger partial charge in [-0.1, -0.05) is 62.4 Å². The van der Waals surface area contributed by atoms with Crippen LogP contribution in [0.15, 0.2) is 60.7 Å². The molecule has 0 bridgehead atoms. The molecule has 3 rings (SSSR count). The van der Waals surface area contributed by atoms with Crippen LogP contribution in [0.2, 0.25) is 0 Å². The molecular weight excluding hydrogens is 336 g/mol. The molecular formula is C23H28N2O2. The van der Waals surface area contributed by atoms with Crippen LogP contribution in [0.4, 0.5) is 5.69 Å². The highest BCUT2D eigenvalue weighted by Gasteiger charge is 2.34. The third-order valence-corrected chi connectivity index (χ3v) is 5.34. The predicted octanol–water partition coefficient (Wildman–Crippen LogP) is 4.02. The van der Waals surface area contributed by atoms with Crippen molar-refractivity contribution in [2.45, 2.75) is 32.7 Å². The van der Waals surface area contributed by atoms with Gasteiger partial charge in [0.25, 0.3) is 0 Å². The highest BCUT2D eigenvalue weighted by molar-refractivity contribution is 5.97. The van der Waals surface area contributed by atoms with Crippen molar-refractivity contribution in [3.63, 3.8) is 0 Å². The molecule has 1 fully saturated rings. The number of benzene rings is 2. The van der Waals surface area contributed by atoms with Crippen molar-refractivity contribution >= 4 is 17.4 Å². The fraction of sp³-hybridized carbons (Fsp3) is 0.391. The van der Waals surface area contributed by atoms with E-state index in [-0.39, 0.29) is 17.7 Å². The monoisotopic (exact) mass is 364 g/mol. The number of likely N-dealkylation sites (tertiary alicyclic amines) is 1. The zero-order chi connectivity index (χ0) is 19.2. The molecule has 0 spiro atoms. The number of anilines is 1. The number of carbonyl (C=O) groups excluding carboxylic acids is 2. The summed E-state index contributed by atoms with van der Waals surface area (Å²) < 4.78 is 0. The van der Waals surface area contributed by atoms with E-state index < -0.39 is 0 Å². The zero-order valence-electron chi connectivity index (χ0n) is 16.2. The summed E-state index contributed by atoms with van der Waals surface area (Å²) in [4.78, 5) is 29.4. The minimum absolute atomic E-state index is 0.158. The van der Waals surface area contributed by atoms with Gasteiger partial charge in [0.05, 0.1) is 6.54 Å². The van der Waals surface area contributed by atoms with Gasteiger partial charge in [0.15, 0.2) is 5.78 Å². The molecule has 1 amide bonds. The topological polar surface area (TPSA) is 40.6 Å². The molecule has 0 radical (unpaired) electrons. The fourth-order valence-electron chi connectivity index (χ4n) is 3.94. The van der Waals surface area contributed by atoms with E-state index in [2.05, 4.69) is 11.8 Å². The molecule has 0 N–H and O–H groups in total. The summed E-state index contributed by atoms with van der Waals surface area (Å²) in [6, 6.07) is 19.6. The Balaban J connectivity index is 1.68. The molecule has 0 unspecified atom stereocenters. The lowest BCUT2D eigenvalue weighted by atomic mass is 9.91. The standard InChI is InChI=1S/C23H28N2O2/c1-3-23(27)25(20-12-8-5-9-13-20)21-14-15-24(16-18(21)2)17-22(26)19-10-6-4-7-11-19/h4-13,18,21H,3,14-17H2,1-2H3/t18-,21+/m0/s1. The lowest BCUT2D eigenvalue weighted by Gasteiger charge is -2.42. The summed E-state index contributed by atoms with van der Waals surface area (Å²) in [5.74, 6) is 0.621. The van der Waals surface area contributed by atoms with E-state index in [0.717, 1.165) is 30.8 Å². The Hall–Kier alpha value is -2.46. The second-order valence-electron chi connectivity index (χ2n) is 7.31. The summed E-state index contributed by atoms with van der Waals surface area (Å²) in [5.41, 5.74) is 1.73. The van der Waals surface area contributed by atoms with Gasteiger partial charge >= 0.3 is 0 Å². The van der Waals surface area contributed by atoms with E-state index in [1.54, 1.807) is 0 Å². The maximum Gasteiger partial charge on any atom is 0.226 e. The first-order valence-corrected chi connectivity index (χ1v) is 9.78. The number of hydrogen-bond donors (Lipinski definition) is 0. The SMILES string of the molecule is CCC(=O)N(c1ccccc1)[C@@H]1CCN(CC(=O)c2ccccc2)C[C@@H]1C. The average molecular weight is 364 g/mol. The smallest absolute Gasteiger partial charge is 0.226 e. The fourth-order valence-corrected chi connectivity index (χ4v) is 3.94. The number of nitrogens with zero attached hydrogens (tertiary/aromatic N) is 2. The van der Waals surface area contributed by atoms with Crippen molar-refractivity contribution in [1.82, 2.24) is 4.90 Å². The number of piperidine rings is 1. The first kappa shape index (κ1) is 19.3. The highest BCUT2D eigenvalue weighted by Crippen LogP contribution is 2.28. The largest absolute Gasteiger partial charge is 0.309 e. The van der Waals surface area contributed by atoms with Crippen LogP contribution in [-0.4, -0.2) is 42.3 Å². The number of carbonyl (C=O) groups is 2. The number of ketones is 1. The van der Waals surface area contributed by atoms with Gasteiger partial charge in [0, 0.05) is 36.8 Å². The van der Waals surface area contributed by atoms with Crippen LogP contribution in [0.5, 0.6) is 0 Å². The van der Waals surface area contributed by atoms with Gasteiger partial charge < -0.3 is 4.90 Å². The lowest BCUT2D eigenvalue weighted by Crippen LogP contribution is -2.53. The van der Waals surface area contributed by atoms with Crippen molar-refractivity contribution in [2.24, 2.45) is 5.92 Å². The summed E-state index contributed by atoms with van der Waals surface area (Å²) in [6.45, 7) is 6.19. The summed E-state index contributed by atoms with van der Waals surface area (Å²) in [7, 11) is 0. The second-order valence-corrected chi connectivity index (χ2v) is 7.31. The van der Waals surface area contributed by atoms with Crippen molar-refractivity contribution in [2.75, 3.05) is 24.5 Å². The Bertz CT molecular complexity index is 760. The molecule has 0 saturated carbocycles. The molecule has 1 aliphatic heterocycles. The minimum Gasteiger partial charge on any atom is -0.309 e. The number of rotatable bonds is 6. The van der Waals surface area contributed by atoms with Crippen molar-refractivity contribution in [3.8, 4) is 0 Å². The minimum atomic E-state index is 0.158. The Kier molecular flexibility index (Phi) is 6.40. The van der Waals surface area contributed by atoms with E-state index >= 15 is 0 Å². The first-order chi connectivity index (χ1) is 13.1. The number of Topliss-reactive ketones (excluding diaryl/α,β-unsaturated/α-hetero) is 1. The van der Waals surface area contributed by atoms with Gasteiger partial charge in [-0.15, -0.1) is 0 Å². The van der Waals surface area contributed by atoms with Gasteiger partial charge in [0.2, 0.25) is 5.91 Å². The lowest BCUT2D eigenvalue weighted by molar-refractivity contribution is -0.119.